The topological polar surface area (TPSA) is 17.8 Å². The van der Waals surface area contributed by atoms with Crippen LogP contribution < -0.4 is 15.9 Å². The van der Waals surface area contributed by atoms with Crippen LogP contribution in [0.4, 0.5) is 0 Å². The molecule has 0 saturated carbocycles. The number of nitrogens with zero attached hydrogens (tertiary/aromatic N) is 2. The summed E-state index contributed by atoms with van der Waals surface area (Å²) in [4.78, 5) is 4.72. The highest BCUT2D eigenvalue weighted by Gasteiger charge is 2.27. The van der Waals surface area contributed by atoms with Crippen LogP contribution >= 0.6 is 17.4 Å². The van der Waals surface area contributed by atoms with Gasteiger partial charge in [0.2, 0.25) is 0 Å². The van der Waals surface area contributed by atoms with Gasteiger partial charge in [-0.15, -0.1) is 11.3 Å². The molecule has 0 amide bonds. The molecule has 2 nitrogen and oxygen atoms in total. The first kappa shape index (κ1) is 23.3. The van der Waals surface area contributed by atoms with E-state index in [4.69, 9.17) is 16.8 Å². The molecule has 2 aromatic heterocycles. The Morgan fingerprint density at radius 2 is 1.26 bits per heavy atom. The molecule has 7 rings (SSSR count). The minimum Gasteiger partial charge on any atom is -0.299 e. The predicted molar refractivity (Wildman–Crippen MR) is 168 cm³/mol. The minimum absolute atomic E-state index is 0.982. The van der Waals surface area contributed by atoms with Gasteiger partial charge in [-0.1, -0.05) is 103 Å². The number of aromatic nitrogens is 2. The SMILES string of the molecule is S=P(c1ccccc1)(c1ccccc1)c1csc2ccc(-c3ccc4c(c3)ncn4-c3ccccc3)cc12. The normalized spacial score (nSPS) is 11.8. The molecule has 0 bridgehead atoms. The molecule has 0 N–H and O–H groups in total. The quantitative estimate of drug-likeness (QED) is 0.208. The van der Waals surface area contributed by atoms with E-state index in [0.29, 0.717) is 0 Å². The molecule has 0 fully saturated rings. The smallest absolute Gasteiger partial charge is 0.100 e. The minimum atomic E-state index is -2.23. The van der Waals surface area contributed by atoms with E-state index < -0.39 is 6.04 Å². The molecule has 182 valence electrons. The molecule has 38 heavy (non-hydrogen) atoms. The Hall–Kier alpha value is -3.82. The second-order valence-electron chi connectivity index (χ2n) is 9.27. The number of para-hydroxylation sites is 1. The highest BCUT2D eigenvalue weighted by molar-refractivity contribution is 8.25. The van der Waals surface area contributed by atoms with E-state index in [1.807, 2.05) is 12.4 Å². The third-order valence-electron chi connectivity index (χ3n) is 7.05. The van der Waals surface area contributed by atoms with Crippen LogP contribution in [0.2, 0.25) is 0 Å². The molecular weight excluding hydrogens is 519 g/mol. The van der Waals surface area contributed by atoms with E-state index in [1.165, 1.54) is 31.6 Å². The summed E-state index contributed by atoms with van der Waals surface area (Å²) in [6.45, 7) is 0. The fraction of sp³-hybridized carbons (Fsp3) is 0. The fourth-order valence-electron chi connectivity index (χ4n) is 5.13. The Bertz CT molecular complexity index is 1900. The number of fused-ring (bicyclic) bond motifs is 2. The summed E-state index contributed by atoms with van der Waals surface area (Å²) in [6, 6.07) is 42.7. The maximum Gasteiger partial charge on any atom is 0.100 e. The molecule has 0 atom stereocenters. The second kappa shape index (κ2) is 9.49. The van der Waals surface area contributed by atoms with Gasteiger partial charge in [0.05, 0.1) is 11.0 Å². The van der Waals surface area contributed by atoms with Crippen LogP contribution in [0.15, 0.2) is 139 Å². The van der Waals surface area contributed by atoms with Gasteiger partial charge >= 0.3 is 0 Å². The summed E-state index contributed by atoms with van der Waals surface area (Å²) < 4.78 is 3.40. The van der Waals surface area contributed by atoms with Crippen molar-refractivity contribution in [1.29, 1.82) is 0 Å². The van der Waals surface area contributed by atoms with Gasteiger partial charge in [0.1, 0.15) is 6.33 Å². The standard InChI is InChI=1S/C33H23N2PS2/c37-36(27-12-6-2-7-13-27,28-14-8-3-9-15-28)32-22-38-33-19-17-24(20-29(32)33)25-16-18-31-30(21-25)34-23-35(31)26-10-4-1-5-11-26/h1-23H. The molecule has 0 aliphatic carbocycles. The van der Waals surface area contributed by atoms with E-state index in [1.54, 1.807) is 11.3 Å². The zero-order valence-corrected chi connectivity index (χ0v) is 23.0. The molecule has 0 aliphatic rings. The summed E-state index contributed by atoms with van der Waals surface area (Å²) in [7, 11) is 0. The van der Waals surface area contributed by atoms with E-state index in [2.05, 4.69) is 131 Å². The van der Waals surface area contributed by atoms with Crippen LogP contribution in [-0.2, 0) is 11.8 Å². The molecule has 7 aromatic rings. The largest absolute Gasteiger partial charge is 0.299 e. The zero-order valence-electron chi connectivity index (χ0n) is 20.4. The summed E-state index contributed by atoms with van der Waals surface area (Å²) in [5.74, 6) is 0. The molecule has 5 heteroatoms. The van der Waals surface area contributed by atoms with Crippen LogP contribution in [0.25, 0.3) is 37.9 Å². The van der Waals surface area contributed by atoms with Crippen molar-refractivity contribution >= 4 is 66.2 Å². The van der Waals surface area contributed by atoms with Crippen LogP contribution in [0.5, 0.6) is 0 Å². The van der Waals surface area contributed by atoms with Crippen molar-refractivity contribution in [2.45, 2.75) is 0 Å². The lowest BCUT2D eigenvalue weighted by Crippen LogP contribution is -2.24. The Morgan fingerprint density at radius 1 is 0.658 bits per heavy atom. The third kappa shape index (κ3) is 3.85. The molecular formula is C33H23N2PS2. The fourth-order valence-corrected chi connectivity index (χ4v) is 10.7. The third-order valence-corrected chi connectivity index (χ3v) is 13.1. The van der Waals surface area contributed by atoms with Gasteiger partial charge in [0, 0.05) is 32.5 Å². The second-order valence-corrected chi connectivity index (χ2v) is 14.6. The van der Waals surface area contributed by atoms with Crippen LogP contribution in [-0.4, -0.2) is 9.55 Å². The number of imidazole rings is 1. The van der Waals surface area contributed by atoms with E-state index >= 15 is 0 Å². The Morgan fingerprint density at radius 3 is 1.95 bits per heavy atom. The van der Waals surface area contributed by atoms with Crippen LogP contribution in [0.1, 0.15) is 0 Å². The highest BCUT2D eigenvalue weighted by atomic mass is 32.4. The van der Waals surface area contributed by atoms with Crippen molar-refractivity contribution < 1.29 is 0 Å². The lowest BCUT2D eigenvalue weighted by atomic mass is 10.0. The van der Waals surface area contributed by atoms with Gasteiger partial charge in [-0.25, -0.2) is 4.98 Å². The van der Waals surface area contributed by atoms with Crippen molar-refractivity contribution in [1.82, 2.24) is 9.55 Å². The summed E-state index contributed by atoms with van der Waals surface area (Å²) in [5, 5.41) is 7.25. The van der Waals surface area contributed by atoms with Gasteiger partial charge in [-0.2, -0.15) is 0 Å². The molecule has 0 radical (unpaired) electrons. The zero-order chi connectivity index (χ0) is 25.5. The van der Waals surface area contributed by atoms with Crippen molar-refractivity contribution in [3.8, 4) is 16.8 Å². The van der Waals surface area contributed by atoms with Gasteiger partial charge < -0.3 is 0 Å². The molecule has 0 saturated heterocycles. The first-order valence-corrected chi connectivity index (χ1v) is 16.2. The number of hydrogen-bond acceptors (Lipinski definition) is 3. The molecule has 2 heterocycles. The first-order valence-electron chi connectivity index (χ1n) is 12.5. The lowest BCUT2D eigenvalue weighted by Gasteiger charge is -2.23. The van der Waals surface area contributed by atoms with Crippen molar-refractivity contribution in [2.75, 3.05) is 0 Å². The molecule has 0 unspecified atom stereocenters. The van der Waals surface area contributed by atoms with E-state index in [0.717, 1.165) is 22.3 Å². The van der Waals surface area contributed by atoms with E-state index in [9.17, 15) is 0 Å². The van der Waals surface area contributed by atoms with Crippen molar-refractivity contribution in [2.24, 2.45) is 0 Å². The lowest BCUT2D eigenvalue weighted by molar-refractivity contribution is 1.09. The molecule has 0 spiro atoms. The number of hydrogen-bond donors (Lipinski definition) is 0. The number of rotatable bonds is 5. The van der Waals surface area contributed by atoms with Gasteiger partial charge in [-0.05, 0) is 58.1 Å². The maximum atomic E-state index is 6.66. The summed E-state index contributed by atoms with van der Waals surface area (Å²) >= 11 is 8.44. The highest BCUT2D eigenvalue weighted by Crippen LogP contribution is 2.46. The maximum absolute atomic E-state index is 6.66. The van der Waals surface area contributed by atoms with Crippen molar-refractivity contribution in [3.05, 3.63) is 139 Å². The van der Waals surface area contributed by atoms with Gasteiger partial charge in [-0.3, -0.25) is 4.57 Å². The predicted octanol–water partition coefficient (Wildman–Crippen LogP) is 7.66. The summed E-state index contributed by atoms with van der Waals surface area (Å²) in [6.07, 6.45) is 1.90. The number of benzene rings is 5. The van der Waals surface area contributed by atoms with Gasteiger partial charge in [0.15, 0.2) is 0 Å². The Labute approximate surface area is 230 Å². The average molecular weight is 543 g/mol. The van der Waals surface area contributed by atoms with Crippen molar-refractivity contribution in [3.63, 3.8) is 0 Å². The van der Waals surface area contributed by atoms with Gasteiger partial charge in [0.25, 0.3) is 0 Å². The Balaban J connectivity index is 1.37. The number of thiophene rings is 1. The monoisotopic (exact) mass is 542 g/mol. The Kier molecular flexibility index (Phi) is 5.82. The van der Waals surface area contributed by atoms with Crippen LogP contribution in [0, 0.1) is 0 Å². The average Bonchev–Trinajstić information content (AvgIpc) is 3.62. The summed E-state index contributed by atoms with van der Waals surface area (Å²) in [5.41, 5.74) is 5.52. The first-order chi connectivity index (χ1) is 18.7. The van der Waals surface area contributed by atoms with Crippen LogP contribution in [0.3, 0.4) is 0 Å². The molecule has 5 aromatic carbocycles. The molecule has 0 aliphatic heterocycles. The van der Waals surface area contributed by atoms with E-state index in [-0.39, 0.29) is 0 Å².